The van der Waals surface area contributed by atoms with Crippen molar-refractivity contribution < 1.29 is 5.11 Å². The SMILES string of the molecule is OC1CCCC1=CC1CC=CCC1. The number of allylic oxidation sites excluding steroid dienone is 3. The maximum atomic E-state index is 9.63. The molecule has 2 atom stereocenters. The summed E-state index contributed by atoms with van der Waals surface area (Å²) in [4.78, 5) is 0. The summed E-state index contributed by atoms with van der Waals surface area (Å²) in [5.74, 6) is 0.702. The van der Waals surface area contributed by atoms with Gasteiger partial charge in [-0.05, 0) is 50.0 Å². The first-order valence-electron chi connectivity index (χ1n) is 5.40. The lowest BCUT2D eigenvalue weighted by atomic mass is 9.92. The summed E-state index contributed by atoms with van der Waals surface area (Å²) in [6.07, 6.45) is 13.7. The minimum atomic E-state index is -0.120. The molecule has 2 aliphatic rings. The normalized spacial score (nSPS) is 37.2. The van der Waals surface area contributed by atoms with Crippen LogP contribution in [-0.4, -0.2) is 11.2 Å². The van der Waals surface area contributed by atoms with Gasteiger partial charge < -0.3 is 5.11 Å². The molecule has 2 unspecified atom stereocenters. The summed E-state index contributed by atoms with van der Waals surface area (Å²) in [5.41, 5.74) is 1.31. The summed E-state index contributed by atoms with van der Waals surface area (Å²) >= 11 is 0. The lowest BCUT2D eigenvalue weighted by Gasteiger charge is -2.15. The van der Waals surface area contributed by atoms with Gasteiger partial charge in [-0.15, -0.1) is 0 Å². The van der Waals surface area contributed by atoms with Gasteiger partial charge in [0.05, 0.1) is 6.10 Å². The lowest BCUT2D eigenvalue weighted by molar-refractivity contribution is 0.217. The molecule has 0 aromatic carbocycles. The zero-order valence-electron chi connectivity index (χ0n) is 8.08. The van der Waals surface area contributed by atoms with E-state index in [1.807, 2.05) is 0 Å². The Kier molecular flexibility index (Phi) is 2.84. The van der Waals surface area contributed by atoms with Crippen LogP contribution in [0.2, 0.25) is 0 Å². The Hall–Kier alpha value is -0.560. The van der Waals surface area contributed by atoms with Crippen molar-refractivity contribution in [2.45, 2.75) is 44.6 Å². The van der Waals surface area contributed by atoms with Crippen LogP contribution in [-0.2, 0) is 0 Å². The second-order valence-electron chi connectivity index (χ2n) is 4.19. The Morgan fingerprint density at radius 1 is 1.31 bits per heavy atom. The van der Waals surface area contributed by atoms with Crippen molar-refractivity contribution in [3.8, 4) is 0 Å². The van der Waals surface area contributed by atoms with Crippen LogP contribution in [0.4, 0.5) is 0 Å². The molecule has 0 aromatic heterocycles. The van der Waals surface area contributed by atoms with E-state index in [-0.39, 0.29) is 6.10 Å². The second kappa shape index (κ2) is 4.10. The highest BCUT2D eigenvalue weighted by Crippen LogP contribution is 2.29. The first-order chi connectivity index (χ1) is 6.36. The van der Waals surface area contributed by atoms with Crippen molar-refractivity contribution in [2.75, 3.05) is 0 Å². The van der Waals surface area contributed by atoms with Crippen molar-refractivity contribution in [3.05, 3.63) is 23.8 Å². The highest BCUT2D eigenvalue weighted by Gasteiger charge is 2.19. The fourth-order valence-corrected chi connectivity index (χ4v) is 2.32. The molecule has 0 radical (unpaired) electrons. The first-order valence-corrected chi connectivity index (χ1v) is 5.40. The Morgan fingerprint density at radius 2 is 2.23 bits per heavy atom. The molecule has 1 nitrogen and oxygen atoms in total. The van der Waals surface area contributed by atoms with E-state index in [0.717, 1.165) is 12.8 Å². The average Bonchev–Trinajstić information content (AvgIpc) is 2.54. The molecule has 0 bridgehead atoms. The molecule has 0 saturated heterocycles. The van der Waals surface area contributed by atoms with Gasteiger partial charge >= 0.3 is 0 Å². The zero-order chi connectivity index (χ0) is 9.10. The molecule has 1 fully saturated rings. The topological polar surface area (TPSA) is 20.2 Å². The average molecular weight is 178 g/mol. The standard InChI is InChI=1S/C12H18O/c13-12-8-4-7-11(12)9-10-5-2-1-3-6-10/h1-2,9-10,12-13H,3-8H2. The van der Waals surface area contributed by atoms with Crippen molar-refractivity contribution in [2.24, 2.45) is 5.92 Å². The maximum absolute atomic E-state index is 9.63. The Balaban J connectivity index is 1.97. The lowest BCUT2D eigenvalue weighted by Crippen LogP contribution is -2.06. The van der Waals surface area contributed by atoms with Gasteiger partial charge in [0.1, 0.15) is 0 Å². The molecule has 72 valence electrons. The van der Waals surface area contributed by atoms with Crippen LogP contribution in [0, 0.1) is 5.92 Å². The molecule has 0 aliphatic heterocycles. The third-order valence-corrected chi connectivity index (χ3v) is 3.13. The van der Waals surface area contributed by atoms with Crippen LogP contribution in [0.3, 0.4) is 0 Å². The van der Waals surface area contributed by atoms with Gasteiger partial charge in [-0.25, -0.2) is 0 Å². The molecular weight excluding hydrogens is 160 g/mol. The van der Waals surface area contributed by atoms with E-state index in [1.54, 1.807) is 0 Å². The molecule has 0 aromatic rings. The second-order valence-corrected chi connectivity index (χ2v) is 4.19. The van der Waals surface area contributed by atoms with E-state index >= 15 is 0 Å². The maximum Gasteiger partial charge on any atom is 0.0750 e. The van der Waals surface area contributed by atoms with E-state index < -0.39 is 0 Å². The number of aliphatic hydroxyl groups is 1. The van der Waals surface area contributed by atoms with Gasteiger partial charge in [0.25, 0.3) is 0 Å². The molecule has 1 heteroatoms. The van der Waals surface area contributed by atoms with E-state index in [9.17, 15) is 5.11 Å². The molecule has 13 heavy (non-hydrogen) atoms. The number of hydrogen-bond donors (Lipinski definition) is 1. The molecule has 1 saturated carbocycles. The van der Waals surface area contributed by atoms with E-state index in [2.05, 4.69) is 18.2 Å². The monoisotopic (exact) mass is 178 g/mol. The van der Waals surface area contributed by atoms with Crippen LogP contribution in [0.1, 0.15) is 38.5 Å². The zero-order valence-corrected chi connectivity index (χ0v) is 8.08. The molecule has 1 N–H and O–H groups in total. The molecule has 0 heterocycles. The van der Waals surface area contributed by atoms with E-state index in [1.165, 1.54) is 31.3 Å². The van der Waals surface area contributed by atoms with Crippen molar-refractivity contribution >= 4 is 0 Å². The number of hydrogen-bond acceptors (Lipinski definition) is 1. The Morgan fingerprint density at radius 3 is 2.85 bits per heavy atom. The van der Waals surface area contributed by atoms with Crippen LogP contribution < -0.4 is 0 Å². The van der Waals surface area contributed by atoms with E-state index in [4.69, 9.17) is 0 Å². The summed E-state index contributed by atoms with van der Waals surface area (Å²) in [5, 5.41) is 9.63. The fraction of sp³-hybridized carbons (Fsp3) is 0.667. The minimum absolute atomic E-state index is 0.120. The number of aliphatic hydroxyl groups excluding tert-OH is 1. The quantitative estimate of drug-likeness (QED) is 0.612. The van der Waals surface area contributed by atoms with Crippen molar-refractivity contribution in [1.82, 2.24) is 0 Å². The highest BCUT2D eigenvalue weighted by atomic mass is 16.3. The number of rotatable bonds is 1. The molecule has 0 amide bonds. The summed E-state index contributed by atoms with van der Waals surface area (Å²) in [6, 6.07) is 0. The first kappa shape index (κ1) is 9.01. The van der Waals surface area contributed by atoms with Gasteiger partial charge in [-0.1, -0.05) is 18.2 Å². The van der Waals surface area contributed by atoms with E-state index in [0.29, 0.717) is 5.92 Å². The van der Waals surface area contributed by atoms with Gasteiger partial charge in [-0.2, -0.15) is 0 Å². The largest absolute Gasteiger partial charge is 0.389 e. The third-order valence-electron chi connectivity index (χ3n) is 3.13. The van der Waals surface area contributed by atoms with Crippen molar-refractivity contribution in [1.29, 1.82) is 0 Å². The Bertz CT molecular complexity index is 227. The summed E-state index contributed by atoms with van der Waals surface area (Å²) in [6.45, 7) is 0. The highest BCUT2D eigenvalue weighted by molar-refractivity contribution is 5.15. The summed E-state index contributed by atoms with van der Waals surface area (Å²) < 4.78 is 0. The Labute approximate surface area is 80.2 Å². The predicted octanol–water partition coefficient (Wildman–Crippen LogP) is 2.81. The molecular formula is C12H18O. The summed E-state index contributed by atoms with van der Waals surface area (Å²) in [7, 11) is 0. The minimum Gasteiger partial charge on any atom is -0.389 e. The van der Waals surface area contributed by atoms with Gasteiger partial charge in [-0.3, -0.25) is 0 Å². The predicted molar refractivity (Wildman–Crippen MR) is 54.4 cm³/mol. The molecule has 2 aliphatic carbocycles. The fourth-order valence-electron chi connectivity index (χ4n) is 2.32. The molecule has 0 spiro atoms. The van der Waals surface area contributed by atoms with Crippen LogP contribution in [0.5, 0.6) is 0 Å². The van der Waals surface area contributed by atoms with Gasteiger partial charge in [0, 0.05) is 0 Å². The third kappa shape index (κ3) is 2.22. The van der Waals surface area contributed by atoms with Crippen LogP contribution in [0.15, 0.2) is 23.8 Å². The van der Waals surface area contributed by atoms with Crippen LogP contribution >= 0.6 is 0 Å². The van der Waals surface area contributed by atoms with Crippen LogP contribution in [0.25, 0.3) is 0 Å². The van der Waals surface area contributed by atoms with Gasteiger partial charge in [0.15, 0.2) is 0 Å². The van der Waals surface area contributed by atoms with Crippen molar-refractivity contribution in [3.63, 3.8) is 0 Å². The van der Waals surface area contributed by atoms with Gasteiger partial charge in [0.2, 0.25) is 0 Å². The molecule has 2 rings (SSSR count). The smallest absolute Gasteiger partial charge is 0.0750 e.